The molecule has 0 bridgehead atoms. The van der Waals surface area contributed by atoms with E-state index in [2.05, 4.69) is 20.9 Å². The van der Waals surface area contributed by atoms with E-state index in [-0.39, 0.29) is 5.82 Å². The minimum atomic E-state index is -0.303. The van der Waals surface area contributed by atoms with E-state index in [1.165, 1.54) is 6.07 Å². The molecule has 0 aliphatic rings. The van der Waals surface area contributed by atoms with Crippen LogP contribution in [0.25, 0.3) is 10.9 Å². The molecule has 90 valence electrons. The van der Waals surface area contributed by atoms with Crippen LogP contribution >= 0.6 is 27.5 Å². The second-order valence-corrected chi connectivity index (χ2v) is 5.23. The first kappa shape index (κ1) is 12.8. The van der Waals surface area contributed by atoms with Crippen LogP contribution in [-0.4, -0.2) is 4.98 Å². The summed E-state index contributed by atoms with van der Waals surface area (Å²) >= 11 is 9.57. The Hall–Kier alpha value is -0.670. The molecule has 0 saturated carbocycles. The summed E-state index contributed by atoms with van der Waals surface area (Å²) in [7, 11) is 0. The molecule has 0 N–H and O–H groups in total. The molecule has 0 unspecified atom stereocenters. The Balaban J connectivity index is 3.01. The molecule has 1 aromatic heterocycles. The maximum absolute atomic E-state index is 13.7. The molecule has 0 fully saturated rings. The first-order valence-electron chi connectivity index (χ1n) is 5.40. The lowest BCUT2D eigenvalue weighted by Gasteiger charge is -2.12. The van der Waals surface area contributed by atoms with Crippen LogP contribution in [0.1, 0.15) is 23.7 Å². The third-order valence-electron chi connectivity index (χ3n) is 2.95. The number of hydrogen-bond acceptors (Lipinski definition) is 1. The number of nitrogens with zero attached hydrogens (tertiary/aromatic N) is 1. The highest BCUT2D eigenvalue weighted by Crippen LogP contribution is 2.36. The monoisotopic (exact) mass is 315 g/mol. The first-order valence-corrected chi connectivity index (χ1v) is 6.57. The second-order valence-electron chi connectivity index (χ2n) is 4.06. The topological polar surface area (TPSA) is 12.9 Å². The number of rotatable bonds is 1. The fraction of sp³-hybridized carbons (Fsp3) is 0.308. The highest BCUT2D eigenvalue weighted by molar-refractivity contribution is 9.10. The van der Waals surface area contributed by atoms with Gasteiger partial charge >= 0.3 is 0 Å². The van der Waals surface area contributed by atoms with E-state index in [0.717, 1.165) is 28.8 Å². The Kier molecular flexibility index (Phi) is 3.41. The van der Waals surface area contributed by atoms with Crippen molar-refractivity contribution in [2.45, 2.75) is 27.2 Å². The average Bonchev–Trinajstić information content (AvgIpc) is 2.29. The highest BCUT2D eigenvalue weighted by atomic mass is 79.9. The van der Waals surface area contributed by atoms with Crippen molar-refractivity contribution >= 4 is 38.4 Å². The molecule has 2 rings (SSSR count). The zero-order chi connectivity index (χ0) is 12.7. The lowest BCUT2D eigenvalue weighted by molar-refractivity contribution is 0.622. The van der Waals surface area contributed by atoms with Crippen LogP contribution in [-0.2, 0) is 6.42 Å². The Morgan fingerprint density at radius 3 is 2.65 bits per heavy atom. The normalized spacial score (nSPS) is 11.2. The van der Waals surface area contributed by atoms with Crippen molar-refractivity contribution in [2.75, 3.05) is 0 Å². The fourth-order valence-corrected chi connectivity index (χ4v) is 2.87. The molecule has 17 heavy (non-hydrogen) atoms. The fourth-order valence-electron chi connectivity index (χ4n) is 1.96. The van der Waals surface area contributed by atoms with Gasteiger partial charge in [-0.25, -0.2) is 4.39 Å². The van der Waals surface area contributed by atoms with E-state index in [4.69, 9.17) is 11.6 Å². The van der Waals surface area contributed by atoms with E-state index < -0.39 is 0 Å². The standard InChI is InChI=1S/C13H12BrClFN/c1-4-9-7(3)12(15)10-11(14)8(16)5-6(2)13(10)17-9/h5H,4H2,1-3H3. The predicted molar refractivity (Wildman–Crippen MR) is 73.3 cm³/mol. The van der Waals surface area contributed by atoms with Crippen LogP contribution in [0.5, 0.6) is 0 Å². The Labute approximate surface area is 113 Å². The van der Waals surface area contributed by atoms with Gasteiger partial charge in [-0.15, -0.1) is 0 Å². The molecule has 0 saturated heterocycles. The zero-order valence-corrected chi connectivity index (χ0v) is 12.2. The zero-order valence-electron chi connectivity index (χ0n) is 9.87. The molecule has 0 amide bonds. The first-order chi connectivity index (χ1) is 7.97. The van der Waals surface area contributed by atoms with Crippen LogP contribution in [0.4, 0.5) is 4.39 Å². The molecule has 2 aromatic rings. The predicted octanol–water partition coefficient (Wildman–Crippen LogP) is 4.97. The van der Waals surface area contributed by atoms with Crippen molar-refractivity contribution in [3.63, 3.8) is 0 Å². The van der Waals surface area contributed by atoms with Gasteiger partial charge in [-0.3, -0.25) is 4.98 Å². The van der Waals surface area contributed by atoms with Gasteiger partial charge in [-0.2, -0.15) is 0 Å². The molecule has 1 heterocycles. The Bertz CT molecular complexity index is 610. The van der Waals surface area contributed by atoms with E-state index in [1.54, 1.807) is 0 Å². The summed E-state index contributed by atoms with van der Waals surface area (Å²) in [5, 5.41) is 1.25. The van der Waals surface area contributed by atoms with Crippen molar-refractivity contribution in [1.82, 2.24) is 4.98 Å². The summed E-state index contributed by atoms with van der Waals surface area (Å²) in [5.74, 6) is -0.303. The molecule has 1 nitrogen and oxygen atoms in total. The minimum Gasteiger partial charge on any atom is -0.252 e. The Morgan fingerprint density at radius 2 is 2.06 bits per heavy atom. The number of pyridine rings is 1. The van der Waals surface area contributed by atoms with Gasteiger partial charge in [0, 0.05) is 11.1 Å². The average molecular weight is 317 g/mol. The number of hydrogen-bond donors (Lipinski definition) is 0. The van der Waals surface area contributed by atoms with Crippen molar-refractivity contribution in [1.29, 1.82) is 0 Å². The summed E-state index contributed by atoms with van der Waals surface area (Å²) in [6.07, 6.45) is 0.815. The van der Waals surface area contributed by atoms with E-state index >= 15 is 0 Å². The number of benzene rings is 1. The lowest BCUT2D eigenvalue weighted by Crippen LogP contribution is -1.98. The number of halogens is 3. The maximum Gasteiger partial charge on any atom is 0.138 e. The smallest absolute Gasteiger partial charge is 0.138 e. The maximum atomic E-state index is 13.7. The van der Waals surface area contributed by atoms with Gasteiger partial charge in [-0.1, -0.05) is 18.5 Å². The van der Waals surface area contributed by atoms with Gasteiger partial charge in [-0.05, 0) is 53.4 Å². The minimum absolute atomic E-state index is 0.303. The lowest BCUT2D eigenvalue weighted by atomic mass is 10.1. The number of aryl methyl sites for hydroxylation is 2. The van der Waals surface area contributed by atoms with Crippen molar-refractivity contribution in [2.24, 2.45) is 0 Å². The van der Waals surface area contributed by atoms with Crippen molar-refractivity contribution in [3.05, 3.63) is 38.2 Å². The molecular weight excluding hydrogens is 305 g/mol. The molecule has 4 heteroatoms. The van der Waals surface area contributed by atoms with Crippen LogP contribution in [0.2, 0.25) is 5.02 Å². The van der Waals surface area contributed by atoms with Gasteiger partial charge in [0.1, 0.15) is 5.82 Å². The van der Waals surface area contributed by atoms with Crippen LogP contribution in [0.3, 0.4) is 0 Å². The molecular formula is C13H12BrClFN. The number of fused-ring (bicyclic) bond motifs is 1. The highest BCUT2D eigenvalue weighted by Gasteiger charge is 2.16. The van der Waals surface area contributed by atoms with Gasteiger partial charge in [0.05, 0.1) is 15.0 Å². The largest absolute Gasteiger partial charge is 0.252 e. The van der Waals surface area contributed by atoms with Crippen molar-refractivity contribution < 1.29 is 4.39 Å². The third kappa shape index (κ3) is 1.95. The van der Waals surface area contributed by atoms with Crippen molar-refractivity contribution in [3.8, 4) is 0 Å². The van der Waals surface area contributed by atoms with E-state index in [0.29, 0.717) is 14.9 Å². The van der Waals surface area contributed by atoms with Crippen LogP contribution in [0, 0.1) is 19.7 Å². The summed E-state index contributed by atoms with van der Waals surface area (Å²) in [5.41, 5.74) is 3.46. The molecule has 0 atom stereocenters. The summed E-state index contributed by atoms with van der Waals surface area (Å²) < 4.78 is 14.1. The van der Waals surface area contributed by atoms with Gasteiger partial charge in [0.25, 0.3) is 0 Å². The summed E-state index contributed by atoms with van der Waals surface area (Å²) in [6.45, 7) is 5.79. The second kappa shape index (κ2) is 4.54. The molecule has 0 aliphatic carbocycles. The van der Waals surface area contributed by atoms with E-state index in [1.807, 2.05) is 20.8 Å². The quantitative estimate of drug-likeness (QED) is 0.724. The summed E-state index contributed by atoms with van der Waals surface area (Å²) in [6, 6.07) is 1.48. The van der Waals surface area contributed by atoms with Gasteiger partial charge < -0.3 is 0 Å². The summed E-state index contributed by atoms with van der Waals surface area (Å²) in [4.78, 5) is 4.57. The molecule has 0 spiro atoms. The van der Waals surface area contributed by atoms with Crippen LogP contribution < -0.4 is 0 Å². The van der Waals surface area contributed by atoms with Gasteiger partial charge in [0.2, 0.25) is 0 Å². The SMILES string of the molecule is CCc1nc2c(C)cc(F)c(Br)c2c(Cl)c1C. The molecule has 1 aromatic carbocycles. The molecule has 0 radical (unpaired) electrons. The third-order valence-corrected chi connectivity index (χ3v) is 4.19. The van der Waals surface area contributed by atoms with Gasteiger partial charge in [0.15, 0.2) is 0 Å². The van der Waals surface area contributed by atoms with Crippen LogP contribution in [0.15, 0.2) is 10.5 Å². The number of aromatic nitrogens is 1. The van der Waals surface area contributed by atoms with E-state index in [9.17, 15) is 4.39 Å². The molecule has 0 aliphatic heterocycles. The Morgan fingerprint density at radius 1 is 1.41 bits per heavy atom.